The van der Waals surface area contributed by atoms with Gasteiger partial charge < -0.3 is 9.64 Å². The van der Waals surface area contributed by atoms with E-state index in [-0.39, 0.29) is 12.5 Å². The fraction of sp³-hybridized carbons (Fsp3) is 0.692. The molecule has 0 saturated heterocycles. The van der Waals surface area contributed by atoms with Gasteiger partial charge in [0.1, 0.15) is 12.1 Å². The van der Waals surface area contributed by atoms with Gasteiger partial charge in [-0.05, 0) is 26.8 Å². The summed E-state index contributed by atoms with van der Waals surface area (Å²) in [5.74, 6) is -0.624. The zero-order valence-corrected chi connectivity index (χ0v) is 13.7. The number of amides is 1. The number of hydrogen-bond donors (Lipinski definition) is 0. The summed E-state index contributed by atoms with van der Waals surface area (Å²) in [6, 6.07) is 0. The van der Waals surface area contributed by atoms with Crippen molar-refractivity contribution in [3.63, 3.8) is 0 Å². The van der Waals surface area contributed by atoms with Gasteiger partial charge in [0.05, 0.1) is 0 Å². The van der Waals surface area contributed by atoms with Crippen LogP contribution in [0.3, 0.4) is 0 Å². The lowest BCUT2D eigenvalue weighted by atomic mass is 10.2. The number of allylic oxidation sites excluding steroid dienone is 1. The second-order valence-corrected chi connectivity index (χ2v) is 4.98. The minimum atomic E-state index is -0.521. The lowest BCUT2D eigenvalue weighted by Crippen LogP contribution is -2.35. The predicted octanol–water partition coefficient (Wildman–Crippen LogP) is 2.76. The van der Waals surface area contributed by atoms with Gasteiger partial charge in [0.25, 0.3) is 0 Å². The zero-order chi connectivity index (χ0) is 14.8. The highest BCUT2D eigenvalue weighted by Gasteiger charge is 2.18. The summed E-state index contributed by atoms with van der Waals surface area (Å²) in [6.07, 6.45) is 3.09. The van der Waals surface area contributed by atoms with E-state index in [0.29, 0.717) is 5.33 Å². The molecule has 0 aliphatic rings. The van der Waals surface area contributed by atoms with E-state index in [9.17, 15) is 9.59 Å². The van der Waals surface area contributed by atoms with Gasteiger partial charge in [-0.3, -0.25) is 9.59 Å². The Morgan fingerprint density at radius 2 is 1.78 bits per heavy atom. The number of rotatable bonds is 4. The van der Waals surface area contributed by atoms with Crippen molar-refractivity contribution in [1.29, 1.82) is 0 Å². The van der Waals surface area contributed by atoms with Crippen LogP contribution in [-0.2, 0) is 14.3 Å². The molecule has 0 radical (unpaired) electrons. The molecule has 0 N–H and O–H groups in total. The molecular weight excluding hydrogens is 298 g/mol. The number of alkyl halides is 1. The molecule has 5 heteroatoms. The van der Waals surface area contributed by atoms with Crippen LogP contribution >= 0.6 is 15.9 Å². The van der Waals surface area contributed by atoms with Crippen molar-refractivity contribution in [2.45, 2.75) is 40.2 Å². The van der Waals surface area contributed by atoms with Crippen molar-refractivity contribution in [3.05, 3.63) is 12.2 Å². The Hall–Kier alpha value is -0.840. The largest absolute Gasteiger partial charge is 0.459 e. The standard InChI is InChI=1S/C11H18BrNO3.C2H6/c1-11(2,3)16-10(15)8-13(4)9(14)6-5-7-12;1-2/h5-6H,7-8H2,1-4H3;1-2H3/b6-5+;. The van der Waals surface area contributed by atoms with E-state index < -0.39 is 11.6 Å². The molecule has 0 atom stereocenters. The predicted molar refractivity (Wildman–Crippen MR) is 77.8 cm³/mol. The van der Waals surface area contributed by atoms with Crippen molar-refractivity contribution in [2.75, 3.05) is 18.9 Å². The van der Waals surface area contributed by atoms with Crippen LogP contribution in [0.4, 0.5) is 0 Å². The van der Waals surface area contributed by atoms with E-state index in [1.807, 2.05) is 13.8 Å². The summed E-state index contributed by atoms with van der Waals surface area (Å²) in [7, 11) is 1.56. The lowest BCUT2D eigenvalue weighted by Gasteiger charge is -2.22. The normalized spacial score (nSPS) is 10.6. The molecule has 18 heavy (non-hydrogen) atoms. The molecule has 0 rings (SSSR count). The number of likely N-dealkylation sites (N-methyl/N-ethyl adjacent to an activating group) is 1. The number of carbonyl (C=O) groups is 2. The molecule has 0 fully saturated rings. The molecule has 106 valence electrons. The summed E-state index contributed by atoms with van der Waals surface area (Å²) in [5.41, 5.74) is -0.521. The van der Waals surface area contributed by atoms with Crippen LogP contribution in [0.5, 0.6) is 0 Å². The Morgan fingerprint density at radius 3 is 2.17 bits per heavy atom. The molecule has 0 spiro atoms. The topological polar surface area (TPSA) is 46.6 Å². The molecular formula is C13H24BrNO3. The average molecular weight is 322 g/mol. The number of esters is 1. The first-order valence-corrected chi connectivity index (χ1v) is 7.08. The van der Waals surface area contributed by atoms with Crippen LogP contribution < -0.4 is 0 Å². The highest BCUT2D eigenvalue weighted by molar-refractivity contribution is 9.09. The van der Waals surface area contributed by atoms with E-state index in [1.54, 1.807) is 33.9 Å². The third kappa shape index (κ3) is 11.6. The van der Waals surface area contributed by atoms with Gasteiger partial charge in [-0.2, -0.15) is 0 Å². The maximum atomic E-state index is 11.4. The molecule has 0 aliphatic heterocycles. The Kier molecular flexibility index (Phi) is 11.0. The Bertz CT molecular complexity index is 282. The van der Waals surface area contributed by atoms with Crippen LogP contribution in [-0.4, -0.2) is 41.3 Å². The van der Waals surface area contributed by atoms with Crippen molar-refractivity contribution in [2.24, 2.45) is 0 Å². The van der Waals surface area contributed by atoms with Gasteiger partial charge in [0, 0.05) is 12.4 Å². The maximum absolute atomic E-state index is 11.4. The van der Waals surface area contributed by atoms with E-state index in [0.717, 1.165) is 0 Å². The van der Waals surface area contributed by atoms with E-state index in [1.165, 1.54) is 11.0 Å². The average Bonchev–Trinajstić information content (AvgIpc) is 2.25. The second kappa shape index (κ2) is 10.1. The number of nitrogens with zero attached hydrogens (tertiary/aromatic N) is 1. The van der Waals surface area contributed by atoms with Gasteiger partial charge >= 0.3 is 5.97 Å². The lowest BCUT2D eigenvalue weighted by molar-refractivity contribution is -0.157. The first-order valence-electron chi connectivity index (χ1n) is 5.95. The van der Waals surface area contributed by atoms with Gasteiger partial charge in [0.15, 0.2) is 0 Å². The molecule has 0 heterocycles. The fourth-order valence-corrected chi connectivity index (χ4v) is 1.10. The van der Waals surface area contributed by atoms with Crippen LogP contribution in [0.1, 0.15) is 34.6 Å². The first kappa shape index (κ1) is 19.5. The monoisotopic (exact) mass is 321 g/mol. The summed E-state index contributed by atoms with van der Waals surface area (Å²) < 4.78 is 5.10. The SMILES string of the molecule is CC.CN(CC(=O)OC(C)(C)C)C(=O)/C=C/CBr. The van der Waals surface area contributed by atoms with E-state index in [2.05, 4.69) is 15.9 Å². The number of carbonyl (C=O) groups excluding carboxylic acids is 2. The zero-order valence-electron chi connectivity index (χ0n) is 12.1. The van der Waals surface area contributed by atoms with Gasteiger partial charge in [-0.1, -0.05) is 35.9 Å². The Morgan fingerprint density at radius 1 is 1.28 bits per heavy atom. The minimum absolute atomic E-state index is 0.0390. The molecule has 0 aromatic carbocycles. The molecule has 0 aromatic rings. The maximum Gasteiger partial charge on any atom is 0.326 e. The third-order valence-electron chi connectivity index (χ3n) is 1.51. The molecule has 0 unspecified atom stereocenters. The highest BCUT2D eigenvalue weighted by Crippen LogP contribution is 2.07. The van der Waals surface area contributed by atoms with Gasteiger partial charge in [-0.25, -0.2) is 0 Å². The highest BCUT2D eigenvalue weighted by atomic mass is 79.9. The van der Waals surface area contributed by atoms with Crippen LogP contribution in [0.25, 0.3) is 0 Å². The first-order chi connectivity index (χ1) is 8.26. The summed E-state index contributed by atoms with van der Waals surface area (Å²) in [6.45, 7) is 9.33. The van der Waals surface area contributed by atoms with E-state index >= 15 is 0 Å². The van der Waals surface area contributed by atoms with Crippen molar-refractivity contribution in [1.82, 2.24) is 4.90 Å². The van der Waals surface area contributed by atoms with Crippen LogP contribution in [0.2, 0.25) is 0 Å². The summed E-state index contributed by atoms with van der Waals surface area (Å²) >= 11 is 3.17. The summed E-state index contributed by atoms with van der Waals surface area (Å²) in [4.78, 5) is 24.1. The molecule has 0 aromatic heterocycles. The van der Waals surface area contributed by atoms with Crippen LogP contribution in [0.15, 0.2) is 12.2 Å². The molecule has 4 nitrogen and oxygen atoms in total. The fourth-order valence-electron chi connectivity index (χ4n) is 0.918. The van der Waals surface area contributed by atoms with Gasteiger partial charge in [-0.15, -0.1) is 0 Å². The quantitative estimate of drug-likeness (QED) is 0.454. The minimum Gasteiger partial charge on any atom is -0.459 e. The molecule has 0 bridgehead atoms. The Balaban J connectivity index is 0. The molecule has 0 saturated carbocycles. The number of ether oxygens (including phenoxy) is 1. The van der Waals surface area contributed by atoms with E-state index in [4.69, 9.17) is 4.74 Å². The van der Waals surface area contributed by atoms with Crippen molar-refractivity contribution < 1.29 is 14.3 Å². The number of halogens is 1. The smallest absolute Gasteiger partial charge is 0.326 e. The molecule has 1 amide bonds. The third-order valence-corrected chi connectivity index (χ3v) is 1.89. The van der Waals surface area contributed by atoms with Crippen molar-refractivity contribution in [3.8, 4) is 0 Å². The number of hydrogen-bond acceptors (Lipinski definition) is 3. The summed E-state index contributed by atoms with van der Waals surface area (Å²) in [5, 5.41) is 0.610. The van der Waals surface area contributed by atoms with Crippen molar-refractivity contribution >= 4 is 27.8 Å². The Labute approximate surface area is 118 Å². The molecule has 0 aliphatic carbocycles. The van der Waals surface area contributed by atoms with Crippen LogP contribution in [0, 0.1) is 0 Å². The van der Waals surface area contributed by atoms with Gasteiger partial charge in [0.2, 0.25) is 5.91 Å². The second-order valence-electron chi connectivity index (χ2n) is 4.34.